The Kier molecular flexibility index (Phi) is 7.73. The molecule has 7 heteroatoms. The standard InChI is InChI=1S/C26H32N4O2S/c1-18-28-17-22-23(31)10-9-19(12-14-30(3)26(22)29-18)20-6-4-7-21(16-20)32-24(11-13-27-2)25-8-5-15-33-25/h4-8,15-17,19,24,27H,9-14H2,1-3H3. The van der Waals surface area contributed by atoms with E-state index in [1.165, 1.54) is 10.4 Å². The molecule has 0 saturated heterocycles. The lowest BCUT2D eigenvalue weighted by Gasteiger charge is -2.23. The Hall–Kier alpha value is -2.77. The van der Waals surface area contributed by atoms with E-state index in [4.69, 9.17) is 4.74 Å². The largest absolute Gasteiger partial charge is 0.485 e. The van der Waals surface area contributed by atoms with Crippen LogP contribution in [0.2, 0.25) is 0 Å². The highest BCUT2D eigenvalue weighted by Gasteiger charge is 2.24. The van der Waals surface area contributed by atoms with Crippen LogP contribution in [0, 0.1) is 6.92 Å². The van der Waals surface area contributed by atoms with Crippen molar-refractivity contribution in [3.05, 3.63) is 69.8 Å². The fourth-order valence-corrected chi connectivity index (χ4v) is 5.12. The van der Waals surface area contributed by atoms with Gasteiger partial charge in [0, 0.05) is 37.5 Å². The van der Waals surface area contributed by atoms with Gasteiger partial charge in [0.25, 0.3) is 0 Å². The average Bonchev–Trinajstić information content (AvgIpc) is 3.37. The van der Waals surface area contributed by atoms with Crippen molar-refractivity contribution in [3.63, 3.8) is 0 Å². The maximum atomic E-state index is 13.0. The SMILES string of the molecule is CNCCC(Oc1cccc(C2CCC(=O)c3cnc(C)nc3N(C)CC2)c1)c1cccs1. The molecule has 0 bridgehead atoms. The van der Waals surface area contributed by atoms with Gasteiger partial charge < -0.3 is 15.0 Å². The van der Waals surface area contributed by atoms with E-state index in [1.807, 2.05) is 27.1 Å². The van der Waals surface area contributed by atoms with Crippen molar-refractivity contribution in [1.29, 1.82) is 0 Å². The molecule has 0 saturated carbocycles. The normalized spacial score (nSPS) is 17.6. The molecular formula is C26H32N4O2S. The molecule has 0 aliphatic carbocycles. The summed E-state index contributed by atoms with van der Waals surface area (Å²) in [5, 5.41) is 5.32. The van der Waals surface area contributed by atoms with Crippen molar-refractivity contribution in [2.45, 2.75) is 44.6 Å². The van der Waals surface area contributed by atoms with Crippen molar-refractivity contribution in [3.8, 4) is 5.75 Å². The monoisotopic (exact) mass is 464 g/mol. The van der Waals surface area contributed by atoms with E-state index in [0.717, 1.165) is 43.9 Å². The van der Waals surface area contributed by atoms with Crippen LogP contribution >= 0.6 is 11.3 Å². The van der Waals surface area contributed by atoms with Gasteiger partial charge in [-0.3, -0.25) is 4.79 Å². The third kappa shape index (κ3) is 5.78. The Bertz CT molecular complexity index is 1070. The molecule has 3 aromatic rings. The van der Waals surface area contributed by atoms with E-state index in [9.17, 15) is 4.79 Å². The predicted octanol–water partition coefficient (Wildman–Crippen LogP) is 5.16. The number of benzene rings is 1. The summed E-state index contributed by atoms with van der Waals surface area (Å²) in [5.74, 6) is 2.70. The average molecular weight is 465 g/mol. The quantitative estimate of drug-likeness (QED) is 0.521. The van der Waals surface area contributed by atoms with E-state index < -0.39 is 0 Å². The van der Waals surface area contributed by atoms with Crippen LogP contribution in [0.5, 0.6) is 5.75 Å². The molecule has 1 N–H and O–H groups in total. The van der Waals surface area contributed by atoms with Crippen molar-refractivity contribution >= 4 is 22.9 Å². The molecule has 6 nitrogen and oxygen atoms in total. The van der Waals surface area contributed by atoms with Gasteiger partial charge in [-0.15, -0.1) is 11.3 Å². The summed E-state index contributed by atoms with van der Waals surface area (Å²) in [6, 6.07) is 12.6. The van der Waals surface area contributed by atoms with Gasteiger partial charge in [0.05, 0.1) is 5.56 Å². The molecule has 174 valence electrons. The molecule has 2 unspecified atom stereocenters. The summed E-state index contributed by atoms with van der Waals surface area (Å²) in [6.07, 6.45) is 4.85. The van der Waals surface area contributed by atoms with Crippen LogP contribution in [0.1, 0.15) is 64.3 Å². The van der Waals surface area contributed by atoms with Gasteiger partial charge in [0.2, 0.25) is 0 Å². The van der Waals surface area contributed by atoms with Crippen molar-refractivity contribution in [2.24, 2.45) is 0 Å². The van der Waals surface area contributed by atoms with Crippen molar-refractivity contribution < 1.29 is 9.53 Å². The van der Waals surface area contributed by atoms with Gasteiger partial charge in [-0.2, -0.15) is 0 Å². The molecule has 2 aromatic heterocycles. The third-order valence-electron chi connectivity index (χ3n) is 6.21. The Morgan fingerprint density at radius 1 is 1.27 bits per heavy atom. The number of Topliss-reactive ketones (excluding diaryl/α,β-unsaturated/α-hetero) is 1. The molecule has 1 aliphatic heterocycles. The maximum absolute atomic E-state index is 13.0. The summed E-state index contributed by atoms with van der Waals surface area (Å²) >= 11 is 1.73. The summed E-state index contributed by atoms with van der Waals surface area (Å²) in [6.45, 7) is 3.58. The molecule has 33 heavy (non-hydrogen) atoms. The molecule has 0 amide bonds. The summed E-state index contributed by atoms with van der Waals surface area (Å²) in [4.78, 5) is 25.1. The zero-order valence-corrected chi connectivity index (χ0v) is 20.4. The first-order chi connectivity index (χ1) is 16.0. The lowest BCUT2D eigenvalue weighted by atomic mass is 9.90. The van der Waals surface area contributed by atoms with Crippen LogP contribution < -0.4 is 15.0 Å². The second kappa shape index (κ2) is 10.9. The predicted molar refractivity (Wildman–Crippen MR) is 134 cm³/mol. The first-order valence-electron chi connectivity index (χ1n) is 11.6. The molecule has 1 aliphatic rings. The van der Waals surface area contributed by atoms with E-state index in [0.29, 0.717) is 17.8 Å². The number of anilines is 1. The number of aryl methyl sites for hydroxylation is 1. The first kappa shape index (κ1) is 23.4. The van der Waals surface area contributed by atoms with Crippen molar-refractivity contribution in [2.75, 3.05) is 32.1 Å². The molecule has 1 aromatic carbocycles. The highest BCUT2D eigenvalue weighted by Crippen LogP contribution is 2.34. The number of hydrogen-bond acceptors (Lipinski definition) is 7. The summed E-state index contributed by atoms with van der Waals surface area (Å²) < 4.78 is 6.45. The van der Waals surface area contributed by atoms with Crippen LogP contribution in [-0.4, -0.2) is 42.9 Å². The number of nitrogens with one attached hydrogen (secondary N) is 1. The molecular weight excluding hydrogens is 432 g/mol. The summed E-state index contributed by atoms with van der Waals surface area (Å²) in [5.41, 5.74) is 1.85. The van der Waals surface area contributed by atoms with E-state index in [1.54, 1.807) is 17.5 Å². The zero-order valence-electron chi connectivity index (χ0n) is 19.6. The lowest BCUT2D eigenvalue weighted by Crippen LogP contribution is -2.23. The molecule has 0 fully saturated rings. The number of carbonyl (C=O) groups is 1. The van der Waals surface area contributed by atoms with Crippen LogP contribution in [-0.2, 0) is 0 Å². The van der Waals surface area contributed by atoms with E-state index >= 15 is 0 Å². The molecule has 0 radical (unpaired) electrons. The highest BCUT2D eigenvalue weighted by atomic mass is 32.1. The Balaban J connectivity index is 1.52. The van der Waals surface area contributed by atoms with Gasteiger partial charge in [0.15, 0.2) is 5.78 Å². The van der Waals surface area contributed by atoms with Crippen molar-refractivity contribution in [1.82, 2.24) is 15.3 Å². The van der Waals surface area contributed by atoms with Crippen LogP contribution in [0.3, 0.4) is 0 Å². The zero-order chi connectivity index (χ0) is 23.2. The molecule has 3 heterocycles. The van der Waals surface area contributed by atoms with E-state index in [-0.39, 0.29) is 17.8 Å². The molecule has 4 rings (SSSR count). The van der Waals surface area contributed by atoms with Gasteiger partial charge in [-0.25, -0.2) is 9.97 Å². The van der Waals surface area contributed by atoms with Gasteiger partial charge in [-0.1, -0.05) is 18.2 Å². The Labute approximate surface area is 200 Å². The summed E-state index contributed by atoms with van der Waals surface area (Å²) in [7, 11) is 3.97. The maximum Gasteiger partial charge on any atom is 0.168 e. The molecule has 0 spiro atoms. The minimum Gasteiger partial charge on any atom is -0.485 e. The number of nitrogens with zero attached hydrogens (tertiary/aromatic N) is 3. The van der Waals surface area contributed by atoms with Gasteiger partial charge in [-0.05, 0) is 68.4 Å². The number of fused-ring (bicyclic) bond motifs is 1. The second-order valence-corrected chi connectivity index (χ2v) is 9.59. The topological polar surface area (TPSA) is 67.3 Å². The number of rotatable bonds is 7. The smallest absolute Gasteiger partial charge is 0.168 e. The highest BCUT2D eigenvalue weighted by molar-refractivity contribution is 7.10. The van der Waals surface area contributed by atoms with Gasteiger partial charge in [0.1, 0.15) is 23.5 Å². The third-order valence-corrected chi connectivity index (χ3v) is 7.17. The fourth-order valence-electron chi connectivity index (χ4n) is 4.33. The molecule has 2 atom stereocenters. The number of ketones is 1. The number of thiophene rings is 1. The second-order valence-electron chi connectivity index (χ2n) is 8.61. The van der Waals surface area contributed by atoms with Gasteiger partial charge >= 0.3 is 0 Å². The van der Waals surface area contributed by atoms with Crippen LogP contribution in [0.4, 0.5) is 5.82 Å². The van der Waals surface area contributed by atoms with Crippen LogP contribution in [0.15, 0.2) is 48.0 Å². The first-order valence-corrected chi connectivity index (χ1v) is 12.5. The minimum absolute atomic E-state index is 0.0252. The fraction of sp³-hybridized carbons (Fsp3) is 0.423. The number of ether oxygens (including phenoxy) is 1. The Morgan fingerprint density at radius 3 is 2.94 bits per heavy atom. The van der Waals surface area contributed by atoms with E-state index in [2.05, 4.69) is 55.9 Å². The number of hydrogen-bond donors (Lipinski definition) is 1. The number of carbonyl (C=O) groups excluding carboxylic acids is 1. The van der Waals surface area contributed by atoms with Crippen LogP contribution in [0.25, 0.3) is 0 Å². The lowest BCUT2D eigenvalue weighted by molar-refractivity contribution is 0.0978. The Morgan fingerprint density at radius 2 is 2.15 bits per heavy atom. The number of aromatic nitrogens is 2. The minimum atomic E-state index is 0.0252.